The van der Waals surface area contributed by atoms with E-state index in [2.05, 4.69) is 12.2 Å². The number of nitrogens with one attached hydrogen (secondary N) is 1. The summed E-state index contributed by atoms with van der Waals surface area (Å²) in [6, 6.07) is 1.97. The van der Waals surface area contributed by atoms with Crippen LogP contribution in [0.1, 0.15) is 40.4 Å². The van der Waals surface area contributed by atoms with Gasteiger partial charge in [0.15, 0.2) is 0 Å². The number of fused-ring (bicyclic) bond motifs is 1. The van der Waals surface area contributed by atoms with Gasteiger partial charge in [0.2, 0.25) is 0 Å². The molecule has 1 heterocycles. The van der Waals surface area contributed by atoms with Crippen LogP contribution in [0.3, 0.4) is 0 Å². The molecule has 0 radical (unpaired) electrons. The van der Waals surface area contributed by atoms with E-state index in [-0.39, 0.29) is 19.1 Å². The summed E-state index contributed by atoms with van der Waals surface area (Å²) in [5.74, 6) is 0.522. The standard InChI is InChI=1S/C14H21NO3S/c1-9-3-4-11-10(5-9)6-12(19-11)13(17)15-7-14(2,18)8-16/h6,9,16,18H,3-5,7-8H2,1-2H3,(H,15,17)/t9-,14+/m0/s1. The van der Waals surface area contributed by atoms with Crippen LogP contribution in [-0.4, -0.2) is 34.9 Å². The Morgan fingerprint density at radius 2 is 2.37 bits per heavy atom. The van der Waals surface area contributed by atoms with Gasteiger partial charge in [-0.3, -0.25) is 4.79 Å². The average Bonchev–Trinajstić information content (AvgIpc) is 2.79. The zero-order valence-corrected chi connectivity index (χ0v) is 12.2. The largest absolute Gasteiger partial charge is 0.393 e. The Bertz CT molecular complexity index is 467. The van der Waals surface area contributed by atoms with Crippen molar-refractivity contribution in [2.24, 2.45) is 5.92 Å². The second kappa shape index (κ2) is 5.61. The van der Waals surface area contributed by atoms with Gasteiger partial charge in [0, 0.05) is 11.4 Å². The van der Waals surface area contributed by atoms with Crippen LogP contribution < -0.4 is 5.32 Å². The molecule has 0 aromatic carbocycles. The van der Waals surface area contributed by atoms with Gasteiger partial charge >= 0.3 is 0 Å². The smallest absolute Gasteiger partial charge is 0.261 e. The number of thiophene rings is 1. The number of aryl methyl sites for hydroxylation is 1. The number of carbonyl (C=O) groups excluding carboxylic acids is 1. The van der Waals surface area contributed by atoms with E-state index in [1.165, 1.54) is 23.8 Å². The van der Waals surface area contributed by atoms with Crippen molar-refractivity contribution >= 4 is 17.2 Å². The van der Waals surface area contributed by atoms with Gasteiger partial charge in [0.1, 0.15) is 5.60 Å². The Labute approximate surface area is 117 Å². The van der Waals surface area contributed by atoms with E-state index >= 15 is 0 Å². The van der Waals surface area contributed by atoms with E-state index in [9.17, 15) is 9.90 Å². The van der Waals surface area contributed by atoms with E-state index in [4.69, 9.17) is 5.11 Å². The Hall–Kier alpha value is -0.910. The third kappa shape index (κ3) is 3.55. The molecule has 0 saturated carbocycles. The van der Waals surface area contributed by atoms with Crippen LogP contribution in [0.4, 0.5) is 0 Å². The van der Waals surface area contributed by atoms with Gasteiger partial charge in [0.05, 0.1) is 11.5 Å². The predicted octanol–water partition coefficient (Wildman–Crippen LogP) is 1.35. The maximum Gasteiger partial charge on any atom is 0.261 e. The van der Waals surface area contributed by atoms with Gasteiger partial charge in [0.25, 0.3) is 5.91 Å². The van der Waals surface area contributed by atoms with Crippen molar-refractivity contribution in [1.82, 2.24) is 5.32 Å². The monoisotopic (exact) mass is 283 g/mol. The van der Waals surface area contributed by atoms with Crippen LogP contribution in [0.25, 0.3) is 0 Å². The van der Waals surface area contributed by atoms with Crippen molar-refractivity contribution in [2.45, 2.75) is 38.7 Å². The number of hydrogen-bond donors (Lipinski definition) is 3. The van der Waals surface area contributed by atoms with Crippen molar-refractivity contribution in [3.63, 3.8) is 0 Å². The summed E-state index contributed by atoms with van der Waals surface area (Å²) in [6.45, 7) is 3.42. The van der Waals surface area contributed by atoms with E-state index in [1.54, 1.807) is 11.3 Å². The molecule has 0 unspecified atom stereocenters. The fourth-order valence-corrected chi connectivity index (χ4v) is 3.36. The van der Waals surface area contributed by atoms with E-state index in [0.29, 0.717) is 10.8 Å². The molecule has 1 aromatic heterocycles. The van der Waals surface area contributed by atoms with Crippen LogP contribution >= 0.6 is 11.3 Å². The van der Waals surface area contributed by atoms with Crippen molar-refractivity contribution in [3.8, 4) is 0 Å². The van der Waals surface area contributed by atoms with Crippen LogP contribution in [0.2, 0.25) is 0 Å². The fourth-order valence-electron chi connectivity index (χ4n) is 2.23. The first-order chi connectivity index (χ1) is 8.91. The van der Waals surface area contributed by atoms with Crippen LogP contribution in [0.5, 0.6) is 0 Å². The first-order valence-electron chi connectivity index (χ1n) is 6.64. The summed E-state index contributed by atoms with van der Waals surface area (Å²) in [7, 11) is 0. The number of hydrogen-bond acceptors (Lipinski definition) is 4. The molecule has 0 spiro atoms. The Morgan fingerprint density at radius 3 is 3.05 bits per heavy atom. The first-order valence-corrected chi connectivity index (χ1v) is 7.46. The third-order valence-electron chi connectivity index (χ3n) is 3.52. The molecule has 3 N–H and O–H groups in total. The number of rotatable bonds is 4. The highest BCUT2D eigenvalue weighted by atomic mass is 32.1. The molecule has 106 valence electrons. The Balaban J connectivity index is 2.01. The molecular formula is C14H21NO3S. The fraction of sp³-hybridized carbons (Fsp3) is 0.643. The lowest BCUT2D eigenvalue weighted by molar-refractivity contribution is 0.00323. The average molecular weight is 283 g/mol. The first kappa shape index (κ1) is 14.5. The maximum absolute atomic E-state index is 12.0. The highest BCUT2D eigenvalue weighted by Crippen LogP contribution is 2.32. The second-order valence-electron chi connectivity index (χ2n) is 5.74. The van der Waals surface area contributed by atoms with Gasteiger partial charge < -0.3 is 15.5 Å². The van der Waals surface area contributed by atoms with Crippen molar-refractivity contribution < 1.29 is 15.0 Å². The van der Waals surface area contributed by atoms with Crippen LogP contribution in [0.15, 0.2) is 6.07 Å². The van der Waals surface area contributed by atoms with Gasteiger partial charge in [-0.1, -0.05) is 6.92 Å². The lowest BCUT2D eigenvalue weighted by Gasteiger charge is -2.20. The summed E-state index contributed by atoms with van der Waals surface area (Å²) in [5.41, 5.74) is 0.0314. The number of amides is 1. The molecule has 4 nitrogen and oxygen atoms in total. The molecule has 1 aromatic rings. The van der Waals surface area contributed by atoms with Crippen LogP contribution in [-0.2, 0) is 12.8 Å². The van der Waals surface area contributed by atoms with E-state index in [0.717, 1.165) is 12.8 Å². The van der Waals surface area contributed by atoms with Gasteiger partial charge in [-0.15, -0.1) is 11.3 Å². The molecule has 19 heavy (non-hydrogen) atoms. The zero-order valence-electron chi connectivity index (χ0n) is 11.4. The minimum Gasteiger partial charge on any atom is -0.393 e. The highest BCUT2D eigenvalue weighted by molar-refractivity contribution is 7.14. The molecular weight excluding hydrogens is 262 g/mol. The van der Waals surface area contributed by atoms with Gasteiger partial charge in [-0.25, -0.2) is 0 Å². The summed E-state index contributed by atoms with van der Waals surface area (Å²) in [5, 5.41) is 21.3. The Morgan fingerprint density at radius 1 is 1.63 bits per heavy atom. The van der Waals surface area contributed by atoms with Gasteiger partial charge in [-0.2, -0.15) is 0 Å². The molecule has 1 aliphatic carbocycles. The molecule has 0 fully saturated rings. The summed E-state index contributed by atoms with van der Waals surface area (Å²) in [4.78, 5) is 14.0. The third-order valence-corrected chi connectivity index (χ3v) is 4.76. The van der Waals surface area contributed by atoms with Crippen molar-refractivity contribution in [3.05, 3.63) is 21.4 Å². The second-order valence-corrected chi connectivity index (χ2v) is 6.88. The van der Waals surface area contributed by atoms with Gasteiger partial charge in [-0.05, 0) is 43.7 Å². The normalized spacial score (nSPS) is 21.6. The summed E-state index contributed by atoms with van der Waals surface area (Å²) < 4.78 is 0. The van der Waals surface area contributed by atoms with Crippen LogP contribution in [0, 0.1) is 5.92 Å². The van der Waals surface area contributed by atoms with E-state index in [1.807, 2.05) is 6.07 Å². The predicted molar refractivity (Wildman–Crippen MR) is 75.6 cm³/mol. The molecule has 1 aliphatic rings. The SMILES string of the molecule is C[C@H]1CCc2sc(C(=O)NC[C@@](C)(O)CO)cc2C1. The number of aliphatic hydroxyl groups is 2. The quantitative estimate of drug-likeness (QED) is 0.781. The molecule has 2 rings (SSSR count). The van der Waals surface area contributed by atoms with E-state index < -0.39 is 5.60 Å². The highest BCUT2D eigenvalue weighted by Gasteiger charge is 2.23. The van der Waals surface area contributed by atoms with Crippen molar-refractivity contribution in [1.29, 1.82) is 0 Å². The van der Waals surface area contributed by atoms with Crippen molar-refractivity contribution in [2.75, 3.05) is 13.2 Å². The minimum atomic E-state index is -1.26. The Kier molecular flexibility index (Phi) is 4.28. The topological polar surface area (TPSA) is 69.6 Å². The molecule has 5 heteroatoms. The summed E-state index contributed by atoms with van der Waals surface area (Å²) in [6.07, 6.45) is 3.30. The molecule has 0 saturated heterocycles. The molecule has 1 amide bonds. The zero-order chi connectivity index (χ0) is 14.0. The molecule has 2 atom stereocenters. The maximum atomic E-state index is 12.0. The molecule has 0 bridgehead atoms. The summed E-state index contributed by atoms with van der Waals surface area (Å²) >= 11 is 1.55. The lowest BCUT2D eigenvalue weighted by atomic mass is 9.90. The lowest BCUT2D eigenvalue weighted by Crippen LogP contribution is -2.43. The minimum absolute atomic E-state index is 0.0568. The number of carbonyl (C=O) groups is 1. The molecule has 0 aliphatic heterocycles. The number of aliphatic hydroxyl groups excluding tert-OH is 1.